The molecular formula is C23H25F3N2O5S. The number of morpholine rings is 1. The van der Waals surface area contributed by atoms with E-state index in [1.165, 1.54) is 40.7 Å². The smallest absolute Gasteiger partial charge is 0.416 e. The monoisotopic (exact) mass is 498 g/mol. The number of nitrogens with zero attached hydrogens (tertiary/aromatic N) is 1. The molecule has 2 aromatic rings. The van der Waals surface area contributed by atoms with Gasteiger partial charge in [-0.3, -0.25) is 4.79 Å². The molecule has 184 valence electrons. The lowest BCUT2D eigenvalue weighted by Gasteiger charge is -2.26. The van der Waals surface area contributed by atoms with Crippen LogP contribution in [0.1, 0.15) is 25.0 Å². The van der Waals surface area contributed by atoms with E-state index in [0.717, 1.165) is 18.2 Å². The average molecular weight is 499 g/mol. The van der Waals surface area contributed by atoms with Crippen molar-refractivity contribution in [2.75, 3.05) is 31.6 Å². The molecule has 0 aliphatic carbocycles. The lowest BCUT2D eigenvalue weighted by Crippen LogP contribution is -2.40. The molecule has 0 bridgehead atoms. The zero-order valence-corrected chi connectivity index (χ0v) is 19.4. The molecular weight excluding hydrogens is 473 g/mol. The van der Waals surface area contributed by atoms with Crippen LogP contribution in [-0.4, -0.2) is 51.0 Å². The maximum atomic E-state index is 13.0. The lowest BCUT2D eigenvalue weighted by atomic mass is 10.1. The van der Waals surface area contributed by atoms with Crippen molar-refractivity contribution in [1.29, 1.82) is 0 Å². The first kappa shape index (κ1) is 25.7. The summed E-state index contributed by atoms with van der Waals surface area (Å²) >= 11 is 0. The summed E-state index contributed by atoms with van der Waals surface area (Å²) in [5.74, 6) is -0.399. The zero-order chi connectivity index (χ0) is 24.9. The summed E-state index contributed by atoms with van der Waals surface area (Å²) in [4.78, 5) is 12.5. The van der Waals surface area contributed by atoms with Gasteiger partial charge in [-0.05, 0) is 55.8 Å². The summed E-state index contributed by atoms with van der Waals surface area (Å²) in [6.45, 7) is 4.56. The van der Waals surface area contributed by atoms with Crippen LogP contribution >= 0.6 is 0 Å². The van der Waals surface area contributed by atoms with Crippen LogP contribution in [0.5, 0.6) is 5.75 Å². The van der Waals surface area contributed by atoms with E-state index in [1.807, 2.05) is 0 Å². The van der Waals surface area contributed by atoms with Gasteiger partial charge in [-0.2, -0.15) is 17.5 Å². The number of amides is 1. The fourth-order valence-corrected chi connectivity index (χ4v) is 4.66. The van der Waals surface area contributed by atoms with Gasteiger partial charge in [-0.15, -0.1) is 0 Å². The number of hydrogen-bond acceptors (Lipinski definition) is 5. The van der Waals surface area contributed by atoms with Gasteiger partial charge in [0.05, 0.1) is 35.5 Å². The minimum Gasteiger partial charge on any atom is -0.489 e. The molecule has 1 aliphatic heterocycles. The highest BCUT2D eigenvalue weighted by Crippen LogP contribution is 2.31. The summed E-state index contributed by atoms with van der Waals surface area (Å²) in [5, 5.41) is 2.57. The number of carbonyl (C=O) groups excluding carboxylic acids is 1. The molecule has 3 rings (SSSR count). The Hall–Kier alpha value is -2.89. The minimum atomic E-state index is -4.50. The number of hydrogen-bond donors (Lipinski definition) is 1. The molecule has 1 saturated heterocycles. The third kappa shape index (κ3) is 6.58. The second-order valence-electron chi connectivity index (χ2n) is 7.79. The predicted molar refractivity (Wildman–Crippen MR) is 121 cm³/mol. The third-order valence-corrected chi connectivity index (χ3v) is 6.72. The van der Waals surface area contributed by atoms with E-state index in [2.05, 4.69) is 5.32 Å². The molecule has 7 nitrogen and oxygen atoms in total. The Balaban J connectivity index is 1.84. The Morgan fingerprint density at radius 1 is 1.15 bits per heavy atom. The molecule has 1 heterocycles. The first-order valence-corrected chi connectivity index (χ1v) is 12.0. The average Bonchev–Trinajstić information content (AvgIpc) is 2.78. The Morgan fingerprint density at radius 2 is 1.85 bits per heavy atom. The molecule has 0 radical (unpaired) electrons. The molecule has 0 unspecified atom stereocenters. The van der Waals surface area contributed by atoms with Crippen molar-refractivity contribution >= 4 is 27.7 Å². The Labute approximate surface area is 196 Å². The number of rotatable bonds is 7. The summed E-state index contributed by atoms with van der Waals surface area (Å²) in [6.07, 6.45) is -2.45. The first-order chi connectivity index (χ1) is 16.0. The second-order valence-corrected chi connectivity index (χ2v) is 9.72. The summed E-state index contributed by atoms with van der Waals surface area (Å²) in [6, 6.07) is 8.70. The molecule has 11 heteroatoms. The maximum Gasteiger partial charge on any atom is 0.416 e. The quantitative estimate of drug-likeness (QED) is 0.580. The van der Waals surface area contributed by atoms with Crippen molar-refractivity contribution in [3.05, 3.63) is 59.7 Å². The van der Waals surface area contributed by atoms with E-state index in [1.54, 1.807) is 13.8 Å². The van der Waals surface area contributed by atoms with Crippen molar-refractivity contribution in [2.45, 2.75) is 31.0 Å². The Bertz CT molecular complexity index is 1160. The zero-order valence-electron chi connectivity index (χ0n) is 18.6. The van der Waals surface area contributed by atoms with E-state index in [4.69, 9.17) is 9.47 Å². The van der Waals surface area contributed by atoms with E-state index in [-0.39, 0.29) is 54.3 Å². The number of benzene rings is 2. The van der Waals surface area contributed by atoms with Crippen LogP contribution in [0.15, 0.2) is 53.4 Å². The van der Waals surface area contributed by atoms with E-state index in [0.29, 0.717) is 0 Å². The van der Waals surface area contributed by atoms with Gasteiger partial charge in [-0.1, -0.05) is 12.1 Å². The molecule has 1 fully saturated rings. The Kier molecular flexibility index (Phi) is 8.01. The van der Waals surface area contributed by atoms with Crippen LogP contribution in [0.25, 0.3) is 6.08 Å². The summed E-state index contributed by atoms with van der Waals surface area (Å²) in [7, 11) is -3.82. The molecule has 2 aromatic carbocycles. The van der Waals surface area contributed by atoms with Crippen LogP contribution in [0.2, 0.25) is 0 Å². The molecule has 0 aromatic heterocycles. The molecule has 0 atom stereocenters. The van der Waals surface area contributed by atoms with Crippen molar-refractivity contribution < 1.29 is 35.9 Å². The van der Waals surface area contributed by atoms with Crippen LogP contribution in [0.4, 0.5) is 18.9 Å². The number of carbonyl (C=O) groups is 1. The standard InChI is InChI=1S/C23H25F3N2O5S/c1-16(2)33-21-8-7-19(34(30,31)28-10-12-32-13-11-28)15-20(21)27-22(29)9-6-17-4-3-5-18(14-17)23(24,25)26/h3-9,14-16H,10-13H2,1-2H3,(H,27,29)/b9-6+. The third-order valence-electron chi connectivity index (χ3n) is 4.82. The molecule has 1 amide bonds. The normalized spacial score (nSPS) is 15.6. The van der Waals surface area contributed by atoms with Crippen LogP contribution < -0.4 is 10.1 Å². The van der Waals surface area contributed by atoms with Gasteiger partial charge in [0.15, 0.2) is 0 Å². The van der Waals surface area contributed by atoms with E-state index >= 15 is 0 Å². The SMILES string of the molecule is CC(C)Oc1ccc(S(=O)(=O)N2CCOCC2)cc1NC(=O)/C=C/c1cccc(C(F)(F)F)c1. The van der Waals surface area contributed by atoms with E-state index < -0.39 is 27.7 Å². The van der Waals surface area contributed by atoms with Crippen molar-refractivity contribution in [2.24, 2.45) is 0 Å². The minimum absolute atomic E-state index is 0.0253. The second kappa shape index (κ2) is 10.6. The topological polar surface area (TPSA) is 84.9 Å². The highest BCUT2D eigenvalue weighted by Gasteiger charge is 2.30. The van der Waals surface area contributed by atoms with Gasteiger partial charge in [0, 0.05) is 19.2 Å². The van der Waals surface area contributed by atoms with E-state index in [9.17, 15) is 26.4 Å². The number of ether oxygens (including phenoxy) is 2. The molecule has 34 heavy (non-hydrogen) atoms. The molecule has 0 saturated carbocycles. The first-order valence-electron chi connectivity index (χ1n) is 10.5. The van der Waals surface area contributed by atoms with Gasteiger partial charge in [0.25, 0.3) is 0 Å². The highest BCUT2D eigenvalue weighted by atomic mass is 32.2. The predicted octanol–water partition coefficient (Wildman–Crippen LogP) is 4.17. The number of nitrogens with one attached hydrogen (secondary N) is 1. The van der Waals surface area contributed by atoms with Gasteiger partial charge < -0.3 is 14.8 Å². The van der Waals surface area contributed by atoms with Crippen LogP contribution in [0, 0.1) is 0 Å². The highest BCUT2D eigenvalue weighted by molar-refractivity contribution is 7.89. The molecule has 1 aliphatic rings. The van der Waals surface area contributed by atoms with Gasteiger partial charge in [0.1, 0.15) is 5.75 Å². The van der Waals surface area contributed by atoms with Crippen molar-refractivity contribution in [1.82, 2.24) is 4.31 Å². The number of anilines is 1. The largest absolute Gasteiger partial charge is 0.489 e. The fourth-order valence-electron chi connectivity index (χ4n) is 3.22. The van der Waals surface area contributed by atoms with Crippen LogP contribution in [0.3, 0.4) is 0 Å². The number of sulfonamides is 1. The fraction of sp³-hybridized carbons (Fsp3) is 0.348. The van der Waals surface area contributed by atoms with Crippen molar-refractivity contribution in [3.8, 4) is 5.75 Å². The van der Waals surface area contributed by atoms with Gasteiger partial charge >= 0.3 is 6.18 Å². The summed E-state index contributed by atoms with van der Waals surface area (Å²) in [5.41, 5.74) is -0.516. The van der Waals surface area contributed by atoms with Gasteiger partial charge in [-0.25, -0.2) is 8.42 Å². The maximum absolute atomic E-state index is 13.0. The van der Waals surface area contributed by atoms with Gasteiger partial charge in [0.2, 0.25) is 15.9 Å². The number of alkyl halides is 3. The number of halogens is 3. The Morgan fingerprint density at radius 3 is 2.50 bits per heavy atom. The molecule has 0 spiro atoms. The van der Waals surface area contributed by atoms with Crippen molar-refractivity contribution in [3.63, 3.8) is 0 Å². The molecule has 1 N–H and O–H groups in total. The van der Waals surface area contributed by atoms with Crippen LogP contribution in [-0.2, 0) is 25.7 Å². The lowest BCUT2D eigenvalue weighted by molar-refractivity contribution is -0.137. The summed E-state index contributed by atoms with van der Waals surface area (Å²) < 4.78 is 76.9.